The first-order chi connectivity index (χ1) is 15.5. The van der Waals surface area contributed by atoms with Crippen LogP contribution < -0.4 is 20.1 Å². The van der Waals surface area contributed by atoms with Crippen molar-refractivity contribution in [1.29, 1.82) is 0 Å². The van der Waals surface area contributed by atoms with Crippen LogP contribution in [-0.4, -0.2) is 41.5 Å². The SMILES string of the molecule is COC(=O)c1cc(CNC(=O)c2ccc3c(c2)OCO3)cc(NC(=O)Cn2cccn2)c1. The largest absolute Gasteiger partial charge is 0.465 e. The quantitative estimate of drug-likeness (QED) is 0.543. The van der Waals surface area contributed by atoms with Gasteiger partial charge in [0.05, 0.1) is 12.7 Å². The zero-order chi connectivity index (χ0) is 22.5. The number of fused-ring (bicyclic) bond motifs is 1. The van der Waals surface area contributed by atoms with Crippen LogP contribution in [0.1, 0.15) is 26.3 Å². The Labute approximate surface area is 183 Å². The third kappa shape index (κ3) is 4.86. The molecule has 164 valence electrons. The molecule has 4 rings (SSSR count). The highest BCUT2D eigenvalue weighted by Gasteiger charge is 2.17. The van der Waals surface area contributed by atoms with E-state index in [-0.39, 0.29) is 37.3 Å². The van der Waals surface area contributed by atoms with Crippen molar-refractivity contribution in [3.63, 3.8) is 0 Å². The first-order valence-electron chi connectivity index (χ1n) is 9.69. The predicted molar refractivity (Wildman–Crippen MR) is 112 cm³/mol. The number of nitrogens with one attached hydrogen (secondary N) is 2. The molecule has 2 heterocycles. The molecule has 10 heteroatoms. The second-order valence-electron chi connectivity index (χ2n) is 6.91. The molecule has 1 aliphatic heterocycles. The van der Waals surface area contributed by atoms with Crippen LogP contribution in [0, 0.1) is 0 Å². The number of nitrogens with zero attached hydrogens (tertiary/aromatic N) is 2. The Bertz CT molecular complexity index is 1160. The van der Waals surface area contributed by atoms with Crippen molar-refractivity contribution in [2.45, 2.75) is 13.1 Å². The lowest BCUT2D eigenvalue weighted by Crippen LogP contribution is -2.23. The molecule has 0 spiro atoms. The molecule has 32 heavy (non-hydrogen) atoms. The average molecular weight is 436 g/mol. The van der Waals surface area contributed by atoms with E-state index >= 15 is 0 Å². The van der Waals surface area contributed by atoms with E-state index < -0.39 is 5.97 Å². The summed E-state index contributed by atoms with van der Waals surface area (Å²) in [6.45, 7) is 0.265. The van der Waals surface area contributed by atoms with E-state index in [4.69, 9.17) is 14.2 Å². The number of hydrogen-bond acceptors (Lipinski definition) is 7. The van der Waals surface area contributed by atoms with Crippen LogP contribution in [0.25, 0.3) is 0 Å². The molecule has 0 radical (unpaired) electrons. The number of carbonyl (C=O) groups excluding carboxylic acids is 3. The maximum atomic E-state index is 12.6. The molecule has 0 aliphatic carbocycles. The fourth-order valence-electron chi connectivity index (χ4n) is 3.17. The van der Waals surface area contributed by atoms with Gasteiger partial charge in [0.2, 0.25) is 12.7 Å². The number of hydrogen-bond donors (Lipinski definition) is 2. The lowest BCUT2D eigenvalue weighted by Gasteiger charge is -2.12. The normalized spacial score (nSPS) is 11.7. The fourth-order valence-corrected chi connectivity index (χ4v) is 3.17. The van der Waals surface area contributed by atoms with Gasteiger partial charge in [0.1, 0.15) is 6.54 Å². The van der Waals surface area contributed by atoms with E-state index in [2.05, 4.69) is 15.7 Å². The minimum Gasteiger partial charge on any atom is -0.465 e. The molecule has 2 aromatic carbocycles. The molecule has 1 aromatic heterocycles. The number of benzene rings is 2. The number of anilines is 1. The first-order valence-corrected chi connectivity index (χ1v) is 9.69. The summed E-state index contributed by atoms with van der Waals surface area (Å²) in [7, 11) is 1.27. The second kappa shape index (κ2) is 9.21. The molecule has 10 nitrogen and oxygen atoms in total. The number of rotatable bonds is 7. The summed E-state index contributed by atoms with van der Waals surface area (Å²) in [6, 6.07) is 11.4. The molecule has 0 unspecified atom stereocenters. The molecule has 0 bridgehead atoms. The molecule has 0 atom stereocenters. The van der Waals surface area contributed by atoms with Gasteiger partial charge in [-0.25, -0.2) is 4.79 Å². The van der Waals surface area contributed by atoms with Crippen molar-refractivity contribution < 1.29 is 28.6 Å². The molecular weight excluding hydrogens is 416 g/mol. The maximum absolute atomic E-state index is 12.6. The molecule has 3 aromatic rings. The summed E-state index contributed by atoms with van der Waals surface area (Å²) in [5.74, 6) is -0.103. The minimum absolute atomic E-state index is 0.0195. The van der Waals surface area contributed by atoms with Gasteiger partial charge < -0.3 is 24.8 Å². The number of amides is 2. The van der Waals surface area contributed by atoms with Crippen LogP contribution in [0.3, 0.4) is 0 Å². The van der Waals surface area contributed by atoms with Crippen LogP contribution in [-0.2, 0) is 22.6 Å². The van der Waals surface area contributed by atoms with Crippen molar-refractivity contribution in [3.05, 3.63) is 71.5 Å². The van der Waals surface area contributed by atoms with Crippen LogP contribution in [0.5, 0.6) is 11.5 Å². The number of esters is 1. The van der Waals surface area contributed by atoms with E-state index in [0.29, 0.717) is 28.3 Å². The van der Waals surface area contributed by atoms with Crippen molar-refractivity contribution in [2.75, 3.05) is 19.2 Å². The topological polar surface area (TPSA) is 121 Å². The monoisotopic (exact) mass is 436 g/mol. The van der Waals surface area contributed by atoms with Crippen LogP contribution in [0.4, 0.5) is 5.69 Å². The Morgan fingerprint density at radius 2 is 1.94 bits per heavy atom. The molecule has 0 saturated carbocycles. The lowest BCUT2D eigenvalue weighted by molar-refractivity contribution is -0.116. The highest BCUT2D eigenvalue weighted by Crippen LogP contribution is 2.32. The molecule has 1 aliphatic rings. The summed E-state index contributed by atoms with van der Waals surface area (Å²) in [4.78, 5) is 36.9. The Hall–Kier alpha value is -4.34. The standard InChI is InChI=1S/C22H20N4O6/c1-30-22(29)16-7-14(8-17(9-16)25-20(27)12-26-6-2-5-24-26)11-23-21(28)15-3-4-18-19(10-15)32-13-31-18/h2-10H,11-13H2,1H3,(H,23,28)(H,25,27). The van der Waals surface area contributed by atoms with Gasteiger partial charge in [0.25, 0.3) is 5.91 Å². The van der Waals surface area contributed by atoms with E-state index in [1.165, 1.54) is 17.9 Å². The van der Waals surface area contributed by atoms with Gasteiger partial charge in [-0.05, 0) is 48.0 Å². The van der Waals surface area contributed by atoms with Gasteiger partial charge >= 0.3 is 5.97 Å². The minimum atomic E-state index is -0.559. The summed E-state index contributed by atoms with van der Waals surface area (Å²) in [5, 5.41) is 9.52. The fraction of sp³-hybridized carbons (Fsp3) is 0.182. The number of carbonyl (C=O) groups is 3. The molecule has 0 fully saturated rings. The van der Waals surface area contributed by atoms with Crippen molar-refractivity contribution in [1.82, 2.24) is 15.1 Å². The summed E-state index contributed by atoms with van der Waals surface area (Å²) in [6.07, 6.45) is 3.24. The van der Waals surface area contributed by atoms with Crippen LogP contribution in [0.2, 0.25) is 0 Å². The average Bonchev–Trinajstić information content (AvgIpc) is 3.47. The van der Waals surface area contributed by atoms with Gasteiger partial charge in [-0.1, -0.05) is 0 Å². The van der Waals surface area contributed by atoms with Gasteiger partial charge in [0, 0.05) is 30.2 Å². The Morgan fingerprint density at radius 3 is 2.72 bits per heavy atom. The van der Waals surface area contributed by atoms with Gasteiger partial charge in [-0.15, -0.1) is 0 Å². The Morgan fingerprint density at radius 1 is 1.09 bits per heavy atom. The van der Waals surface area contributed by atoms with Crippen LogP contribution in [0.15, 0.2) is 54.9 Å². The number of aromatic nitrogens is 2. The number of methoxy groups -OCH3 is 1. The Kier molecular flexibility index (Phi) is 6.02. The van der Waals surface area contributed by atoms with Gasteiger partial charge in [0.15, 0.2) is 11.5 Å². The van der Waals surface area contributed by atoms with Gasteiger partial charge in [-0.2, -0.15) is 5.10 Å². The van der Waals surface area contributed by atoms with Crippen molar-refractivity contribution in [3.8, 4) is 11.5 Å². The predicted octanol–water partition coefficient (Wildman–Crippen LogP) is 1.97. The number of ether oxygens (including phenoxy) is 3. The van der Waals surface area contributed by atoms with Crippen molar-refractivity contribution in [2.24, 2.45) is 0 Å². The summed E-state index contributed by atoms with van der Waals surface area (Å²) in [5.41, 5.74) is 1.66. The van der Waals surface area contributed by atoms with E-state index in [1.807, 2.05) is 0 Å². The van der Waals surface area contributed by atoms with Crippen molar-refractivity contribution >= 4 is 23.5 Å². The maximum Gasteiger partial charge on any atom is 0.337 e. The Balaban J connectivity index is 1.47. The van der Waals surface area contributed by atoms with Crippen LogP contribution >= 0.6 is 0 Å². The third-order valence-corrected chi connectivity index (χ3v) is 4.65. The summed E-state index contributed by atoms with van der Waals surface area (Å²) >= 11 is 0. The molecule has 0 saturated heterocycles. The smallest absolute Gasteiger partial charge is 0.337 e. The zero-order valence-electron chi connectivity index (χ0n) is 17.2. The third-order valence-electron chi connectivity index (χ3n) is 4.65. The second-order valence-corrected chi connectivity index (χ2v) is 6.91. The van der Waals surface area contributed by atoms with E-state index in [1.54, 1.807) is 48.8 Å². The van der Waals surface area contributed by atoms with Gasteiger partial charge in [-0.3, -0.25) is 14.3 Å². The van der Waals surface area contributed by atoms with E-state index in [0.717, 1.165) is 0 Å². The lowest BCUT2D eigenvalue weighted by atomic mass is 10.1. The zero-order valence-corrected chi connectivity index (χ0v) is 17.2. The highest BCUT2D eigenvalue weighted by atomic mass is 16.7. The molecule has 2 amide bonds. The van der Waals surface area contributed by atoms with E-state index in [9.17, 15) is 14.4 Å². The first kappa shape index (κ1) is 20.9. The summed E-state index contributed by atoms with van der Waals surface area (Å²) < 4.78 is 16.8. The molecular formula is C22H20N4O6. The highest BCUT2D eigenvalue weighted by molar-refractivity contribution is 5.96. The molecule has 2 N–H and O–H groups in total.